The van der Waals surface area contributed by atoms with E-state index in [0.717, 1.165) is 24.5 Å². The summed E-state index contributed by atoms with van der Waals surface area (Å²) in [6.45, 7) is 1.34. The first-order valence-corrected chi connectivity index (χ1v) is 9.02. The smallest absolute Gasteiger partial charge is 0.278 e. The van der Waals surface area contributed by atoms with Crippen LogP contribution in [0.3, 0.4) is 0 Å². The van der Waals surface area contributed by atoms with E-state index in [1.54, 1.807) is 30.6 Å². The molecule has 0 atom stereocenters. The number of benzene rings is 2. The number of pyridine rings is 1. The predicted molar refractivity (Wildman–Crippen MR) is 108 cm³/mol. The molecule has 140 valence electrons. The molecular weight excluding hydrogens is 354 g/mol. The summed E-state index contributed by atoms with van der Waals surface area (Å²) in [6.07, 6.45) is 6.31. The fourth-order valence-electron chi connectivity index (χ4n) is 3.24. The Kier molecular flexibility index (Phi) is 4.97. The number of nitrogens with zero attached hydrogens (tertiary/aromatic N) is 4. The SMILES string of the molecule is O=[N+]([O-])c1ccc(NCc2nccn2CCc2ccccc2)c2ncccc12. The van der Waals surface area contributed by atoms with E-state index in [2.05, 4.69) is 32.0 Å². The van der Waals surface area contributed by atoms with Crippen LogP contribution in [0.25, 0.3) is 10.9 Å². The van der Waals surface area contributed by atoms with Gasteiger partial charge in [0, 0.05) is 31.2 Å². The van der Waals surface area contributed by atoms with Crippen molar-refractivity contribution in [1.82, 2.24) is 14.5 Å². The topological polar surface area (TPSA) is 85.9 Å². The molecule has 0 radical (unpaired) electrons. The summed E-state index contributed by atoms with van der Waals surface area (Å²) >= 11 is 0. The summed E-state index contributed by atoms with van der Waals surface area (Å²) in [4.78, 5) is 19.6. The van der Waals surface area contributed by atoms with Crippen molar-refractivity contribution in [2.45, 2.75) is 19.5 Å². The number of nitro benzene ring substituents is 1. The van der Waals surface area contributed by atoms with Crippen LogP contribution in [0.4, 0.5) is 11.4 Å². The maximum Gasteiger partial charge on any atom is 0.278 e. The van der Waals surface area contributed by atoms with Crippen LogP contribution in [0, 0.1) is 10.1 Å². The normalized spacial score (nSPS) is 10.9. The van der Waals surface area contributed by atoms with Gasteiger partial charge in [0.05, 0.1) is 22.5 Å². The van der Waals surface area contributed by atoms with Gasteiger partial charge >= 0.3 is 0 Å². The maximum absolute atomic E-state index is 11.2. The third-order valence-electron chi connectivity index (χ3n) is 4.67. The molecule has 0 aliphatic heterocycles. The molecule has 4 aromatic rings. The predicted octanol–water partition coefficient (Wildman–Crippen LogP) is 4.19. The highest BCUT2D eigenvalue weighted by molar-refractivity contribution is 5.96. The lowest BCUT2D eigenvalue weighted by molar-refractivity contribution is -0.383. The van der Waals surface area contributed by atoms with Crippen molar-refractivity contribution in [3.8, 4) is 0 Å². The number of fused-ring (bicyclic) bond motifs is 1. The van der Waals surface area contributed by atoms with Crippen LogP contribution < -0.4 is 5.32 Å². The molecule has 28 heavy (non-hydrogen) atoms. The molecule has 1 N–H and O–H groups in total. The number of rotatable bonds is 7. The molecule has 2 aromatic heterocycles. The van der Waals surface area contributed by atoms with Crippen molar-refractivity contribution in [1.29, 1.82) is 0 Å². The number of non-ortho nitro benzene ring substituents is 1. The quantitative estimate of drug-likeness (QED) is 0.388. The van der Waals surface area contributed by atoms with Gasteiger partial charge in [0.2, 0.25) is 0 Å². The highest BCUT2D eigenvalue weighted by Gasteiger charge is 2.15. The second-order valence-corrected chi connectivity index (χ2v) is 6.41. The van der Waals surface area contributed by atoms with Gasteiger partial charge in [-0.1, -0.05) is 30.3 Å². The van der Waals surface area contributed by atoms with Crippen molar-refractivity contribution in [2.24, 2.45) is 0 Å². The lowest BCUT2D eigenvalue weighted by Crippen LogP contribution is -2.10. The van der Waals surface area contributed by atoms with E-state index in [-0.39, 0.29) is 10.6 Å². The average Bonchev–Trinajstić information content (AvgIpc) is 3.18. The summed E-state index contributed by atoms with van der Waals surface area (Å²) in [5.41, 5.74) is 2.66. The first kappa shape index (κ1) is 17.7. The molecule has 0 aliphatic carbocycles. The van der Waals surface area contributed by atoms with Crippen LogP contribution in [0.5, 0.6) is 0 Å². The summed E-state index contributed by atoms with van der Waals surface area (Å²) < 4.78 is 2.11. The summed E-state index contributed by atoms with van der Waals surface area (Å²) in [6, 6.07) is 16.9. The van der Waals surface area contributed by atoms with E-state index in [4.69, 9.17) is 0 Å². The van der Waals surface area contributed by atoms with Crippen molar-refractivity contribution in [2.75, 3.05) is 5.32 Å². The molecule has 0 amide bonds. The van der Waals surface area contributed by atoms with E-state index in [0.29, 0.717) is 17.4 Å². The minimum atomic E-state index is -0.385. The van der Waals surface area contributed by atoms with Gasteiger partial charge in [-0.3, -0.25) is 15.1 Å². The van der Waals surface area contributed by atoms with Crippen molar-refractivity contribution >= 4 is 22.3 Å². The van der Waals surface area contributed by atoms with E-state index < -0.39 is 0 Å². The molecule has 0 fully saturated rings. The van der Waals surface area contributed by atoms with Gasteiger partial charge in [-0.15, -0.1) is 0 Å². The third kappa shape index (κ3) is 3.68. The average molecular weight is 373 g/mol. The Balaban J connectivity index is 1.51. The minimum absolute atomic E-state index is 0.0537. The van der Waals surface area contributed by atoms with Crippen LogP contribution in [-0.2, 0) is 19.5 Å². The molecule has 0 unspecified atom stereocenters. The van der Waals surface area contributed by atoms with Crippen LogP contribution in [0.15, 0.2) is 73.2 Å². The lowest BCUT2D eigenvalue weighted by atomic mass is 10.1. The van der Waals surface area contributed by atoms with Crippen LogP contribution in [0.1, 0.15) is 11.4 Å². The zero-order chi connectivity index (χ0) is 19.3. The molecule has 0 bridgehead atoms. The Morgan fingerprint density at radius 3 is 2.68 bits per heavy atom. The van der Waals surface area contributed by atoms with Gasteiger partial charge in [0.15, 0.2) is 0 Å². The van der Waals surface area contributed by atoms with Gasteiger partial charge in [-0.05, 0) is 30.2 Å². The maximum atomic E-state index is 11.2. The van der Waals surface area contributed by atoms with E-state index in [9.17, 15) is 10.1 Å². The van der Waals surface area contributed by atoms with Gasteiger partial charge in [0.25, 0.3) is 5.69 Å². The Morgan fingerprint density at radius 2 is 1.86 bits per heavy atom. The number of hydrogen-bond acceptors (Lipinski definition) is 5. The van der Waals surface area contributed by atoms with Gasteiger partial charge in [-0.25, -0.2) is 4.98 Å². The molecule has 2 aromatic carbocycles. The van der Waals surface area contributed by atoms with Crippen LogP contribution in [-0.4, -0.2) is 19.5 Å². The molecule has 0 aliphatic rings. The van der Waals surface area contributed by atoms with Crippen molar-refractivity contribution in [3.63, 3.8) is 0 Å². The summed E-state index contributed by atoms with van der Waals surface area (Å²) in [7, 11) is 0. The second kappa shape index (κ2) is 7.87. The second-order valence-electron chi connectivity index (χ2n) is 6.41. The Bertz CT molecular complexity index is 1110. The number of hydrogen-bond donors (Lipinski definition) is 1. The van der Waals surface area contributed by atoms with Crippen LogP contribution >= 0.6 is 0 Å². The molecule has 7 nitrogen and oxygen atoms in total. The monoisotopic (exact) mass is 373 g/mol. The van der Waals surface area contributed by atoms with Gasteiger partial charge in [0.1, 0.15) is 11.3 Å². The molecule has 0 spiro atoms. The van der Waals surface area contributed by atoms with Crippen LogP contribution in [0.2, 0.25) is 0 Å². The standard InChI is InChI=1S/C21H19N5O2/c27-26(28)19-9-8-18(21-17(19)7-4-11-23-21)24-15-20-22-12-14-25(20)13-10-16-5-2-1-3-6-16/h1-9,11-12,14,24H,10,13,15H2. The minimum Gasteiger partial charge on any atom is -0.376 e. The number of aromatic nitrogens is 3. The molecule has 0 saturated carbocycles. The fourth-order valence-corrected chi connectivity index (χ4v) is 3.24. The Labute approximate surface area is 161 Å². The molecule has 2 heterocycles. The number of imidazole rings is 1. The first-order valence-electron chi connectivity index (χ1n) is 9.02. The van der Waals surface area contributed by atoms with Gasteiger partial charge < -0.3 is 9.88 Å². The zero-order valence-corrected chi connectivity index (χ0v) is 15.2. The number of aryl methyl sites for hydroxylation is 2. The molecular formula is C21H19N5O2. The van der Waals surface area contributed by atoms with E-state index in [1.165, 1.54) is 11.6 Å². The third-order valence-corrected chi connectivity index (χ3v) is 4.67. The number of anilines is 1. The highest BCUT2D eigenvalue weighted by Crippen LogP contribution is 2.29. The molecule has 7 heteroatoms. The van der Waals surface area contributed by atoms with Crippen molar-refractivity contribution in [3.05, 3.63) is 94.7 Å². The largest absolute Gasteiger partial charge is 0.376 e. The first-order chi connectivity index (χ1) is 13.7. The van der Waals surface area contributed by atoms with E-state index in [1.807, 2.05) is 24.4 Å². The fraction of sp³-hybridized carbons (Fsp3) is 0.143. The summed E-state index contributed by atoms with van der Waals surface area (Å²) in [5.74, 6) is 0.901. The highest BCUT2D eigenvalue weighted by atomic mass is 16.6. The Hall–Kier alpha value is -3.74. The number of nitro groups is 1. The zero-order valence-electron chi connectivity index (χ0n) is 15.2. The van der Waals surface area contributed by atoms with Crippen molar-refractivity contribution < 1.29 is 4.92 Å². The van der Waals surface area contributed by atoms with Gasteiger partial charge in [-0.2, -0.15) is 0 Å². The summed E-state index contributed by atoms with van der Waals surface area (Å²) in [5, 5.41) is 15.1. The molecule has 0 saturated heterocycles. The van der Waals surface area contributed by atoms with E-state index >= 15 is 0 Å². The lowest BCUT2D eigenvalue weighted by Gasteiger charge is -2.11. The Morgan fingerprint density at radius 1 is 1.00 bits per heavy atom. The number of nitrogens with one attached hydrogen (secondary N) is 1. The molecule has 4 rings (SSSR count).